The van der Waals surface area contributed by atoms with E-state index < -0.39 is 0 Å². The van der Waals surface area contributed by atoms with Crippen LogP contribution in [0.15, 0.2) is 0 Å². The summed E-state index contributed by atoms with van der Waals surface area (Å²) in [5.41, 5.74) is 0. The zero-order valence-electron chi connectivity index (χ0n) is 10.9. The van der Waals surface area contributed by atoms with Gasteiger partial charge in [0.2, 0.25) is 0 Å². The van der Waals surface area contributed by atoms with E-state index in [4.69, 9.17) is 0 Å². The molecule has 2 saturated heterocycles. The first kappa shape index (κ1) is 12.7. The minimum Gasteiger partial charge on any atom is -0.317 e. The predicted octanol–water partition coefficient (Wildman–Crippen LogP) is 2.34. The average Bonchev–Trinajstić information content (AvgIpc) is 2.57. The SMILES string of the molecule is CNC1CC2CCC(C1)N2C(C)CCSC. The number of hydrogen-bond donors (Lipinski definition) is 1. The van der Waals surface area contributed by atoms with E-state index in [1.54, 1.807) is 0 Å². The second kappa shape index (κ2) is 5.74. The quantitative estimate of drug-likeness (QED) is 0.797. The summed E-state index contributed by atoms with van der Waals surface area (Å²) in [6, 6.07) is 3.31. The lowest BCUT2D eigenvalue weighted by Crippen LogP contribution is -2.51. The lowest BCUT2D eigenvalue weighted by atomic mass is 9.95. The van der Waals surface area contributed by atoms with Crippen LogP contribution < -0.4 is 5.32 Å². The number of thioether (sulfide) groups is 1. The molecule has 0 amide bonds. The van der Waals surface area contributed by atoms with Gasteiger partial charge in [0.05, 0.1) is 0 Å². The van der Waals surface area contributed by atoms with Gasteiger partial charge in [0.15, 0.2) is 0 Å². The van der Waals surface area contributed by atoms with Crippen molar-refractivity contribution in [3.05, 3.63) is 0 Å². The van der Waals surface area contributed by atoms with Crippen LogP contribution in [0.4, 0.5) is 0 Å². The van der Waals surface area contributed by atoms with Crippen molar-refractivity contribution < 1.29 is 0 Å². The monoisotopic (exact) mass is 242 g/mol. The van der Waals surface area contributed by atoms with E-state index in [9.17, 15) is 0 Å². The third kappa shape index (κ3) is 2.57. The summed E-state index contributed by atoms with van der Waals surface area (Å²) in [6.45, 7) is 2.43. The van der Waals surface area contributed by atoms with Gasteiger partial charge in [-0.2, -0.15) is 11.8 Å². The number of piperidine rings is 1. The number of nitrogens with zero attached hydrogens (tertiary/aromatic N) is 1. The molecule has 94 valence electrons. The number of nitrogens with one attached hydrogen (secondary N) is 1. The fourth-order valence-corrected chi connectivity index (χ4v) is 4.18. The first-order valence-electron chi connectivity index (χ1n) is 6.70. The highest BCUT2D eigenvalue weighted by Gasteiger charge is 2.41. The molecule has 2 bridgehead atoms. The molecule has 0 radical (unpaired) electrons. The van der Waals surface area contributed by atoms with Crippen molar-refractivity contribution >= 4 is 11.8 Å². The fraction of sp³-hybridized carbons (Fsp3) is 1.00. The molecule has 2 rings (SSSR count). The van der Waals surface area contributed by atoms with Gasteiger partial charge in [-0.15, -0.1) is 0 Å². The Morgan fingerprint density at radius 1 is 1.31 bits per heavy atom. The van der Waals surface area contributed by atoms with E-state index in [2.05, 4.69) is 30.4 Å². The Kier molecular flexibility index (Phi) is 4.57. The Morgan fingerprint density at radius 3 is 2.44 bits per heavy atom. The van der Waals surface area contributed by atoms with Crippen LogP contribution in [-0.2, 0) is 0 Å². The molecule has 2 nitrogen and oxygen atoms in total. The van der Waals surface area contributed by atoms with Crippen LogP contribution in [0.2, 0.25) is 0 Å². The first-order valence-corrected chi connectivity index (χ1v) is 8.09. The van der Waals surface area contributed by atoms with E-state index >= 15 is 0 Å². The van der Waals surface area contributed by atoms with Gasteiger partial charge in [0.25, 0.3) is 0 Å². The molecule has 2 aliphatic rings. The molecule has 3 unspecified atom stereocenters. The fourth-order valence-electron chi connectivity index (χ4n) is 3.61. The standard InChI is InChI=1S/C13H26N2S/c1-10(6-7-16-3)15-12-4-5-13(15)9-11(8-12)14-2/h10-14H,4-9H2,1-3H3. The Balaban J connectivity index is 1.92. The molecule has 0 aromatic heterocycles. The Bertz CT molecular complexity index is 208. The highest BCUT2D eigenvalue weighted by Crippen LogP contribution is 2.37. The second-order valence-corrected chi connectivity index (χ2v) is 6.41. The molecule has 0 aromatic carbocycles. The molecule has 0 aromatic rings. The third-order valence-electron chi connectivity index (χ3n) is 4.45. The normalized spacial score (nSPS) is 36.6. The topological polar surface area (TPSA) is 15.3 Å². The van der Waals surface area contributed by atoms with Gasteiger partial charge in [-0.3, -0.25) is 4.90 Å². The molecule has 2 fully saturated rings. The van der Waals surface area contributed by atoms with Gasteiger partial charge >= 0.3 is 0 Å². The Labute approximate surface area is 105 Å². The van der Waals surface area contributed by atoms with Gasteiger partial charge in [-0.1, -0.05) is 0 Å². The van der Waals surface area contributed by atoms with Crippen LogP contribution in [0.3, 0.4) is 0 Å². The van der Waals surface area contributed by atoms with Crippen molar-refractivity contribution in [2.24, 2.45) is 0 Å². The largest absolute Gasteiger partial charge is 0.317 e. The predicted molar refractivity (Wildman–Crippen MR) is 73.2 cm³/mol. The van der Waals surface area contributed by atoms with Crippen LogP contribution in [0, 0.1) is 0 Å². The van der Waals surface area contributed by atoms with Crippen molar-refractivity contribution in [1.29, 1.82) is 0 Å². The van der Waals surface area contributed by atoms with E-state index in [1.807, 2.05) is 11.8 Å². The van der Waals surface area contributed by atoms with Crippen LogP contribution in [0.1, 0.15) is 39.0 Å². The summed E-state index contributed by atoms with van der Waals surface area (Å²) < 4.78 is 0. The second-order valence-electron chi connectivity index (χ2n) is 5.42. The van der Waals surface area contributed by atoms with Gasteiger partial charge in [0, 0.05) is 24.2 Å². The lowest BCUT2D eigenvalue weighted by molar-refractivity contribution is 0.0778. The zero-order valence-corrected chi connectivity index (χ0v) is 11.7. The van der Waals surface area contributed by atoms with Crippen LogP contribution in [0.5, 0.6) is 0 Å². The Morgan fingerprint density at radius 2 is 1.94 bits per heavy atom. The van der Waals surface area contributed by atoms with Gasteiger partial charge < -0.3 is 5.32 Å². The molecule has 3 atom stereocenters. The molecule has 3 heteroatoms. The smallest absolute Gasteiger partial charge is 0.0116 e. The molecular weight excluding hydrogens is 216 g/mol. The van der Waals surface area contributed by atoms with E-state index in [-0.39, 0.29) is 0 Å². The molecule has 1 N–H and O–H groups in total. The summed E-state index contributed by atoms with van der Waals surface area (Å²) in [4.78, 5) is 2.84. The first-order chi connectivity index (χ1) is 7.76. The molecule has 0 aliphatic carbocycles. The van der Waals surface area contributed by atoms with Crippen molar-refractivity contribution in [3.8, 4) is 0 Å². The maximum Gasteiger partial charge on any atom is 0.0116 e. The Hall–Kier alpha value is 0.270. The summed E-state index contributed by atoms with van der Waals surface area (Å²) in [5.74, 6) is 1.31. The minimum absolute atomic E-state index is 0.779. The summed E-state index contributed by atoms with van der Waals surface area (Å²) in [5, 5.41) is 3.48. The molecular formula is C13H26N2S. The van der Waals surface area contributed by atoms with Gasteiger partial charge in [-0.25, -0.2) is 0 Å². The highest BCUT2D eigenvalue weighted by molar-refractivity contribution is 7.98. The molecule has 2 heterocycles. The maximum absolute atomic E-state index is 3.48. The molecule has 0 saturated carbocycles. The minimum atomic E-state index is 0.779. The maximum atomic E-state index is 3.48. The number of fused-ring (bicyclic) bond motifs is 2. The molecule has 2 aliphatic heterocycles. The van der Waals surface area contributed by atoms with Gasteiger partial charge in [-0.05, 0) is 58.1 Å². The van der Waals surface area contributed by atoms with E-state index in [0.29, 0.717) is 0 Å². The molecule has 0 spiro atoms. The lowest BCUT2D eigenvalue weighted by Gasteiger charge is -2.42. The van der Waals surface area contributed by atoms with Crippen molar-refractivity contribution in [1.82, 2.24) is 10.2 Å². The van der Waals surface area contributed by atoms with Crippen molar-refractivity contribution in [2.45, 2.75) is 63.2 Å². The zero-order chi connectivity index (χ0) is 11.5. The average molecular weight is 242 g/mol. The highest BCUT2D eigenvalue weighted by atomic mass is 32.2. The third-order valence-corrected chi connectivity index (χ3v) is 5.09. The number of rotatable bonds is 5. The van der Waals surface area contributed by atoms with E-state index in [1.165, 1.54) is 37.9 Å². The van der Waals surface area contributed by atoms with Crippen LogP contribution in [0.25, 0.3) is 0 Å². The summed E-state index contributed by atoms with van der Waals surface area (Å²) in [6.07, 6.45) is 9.19. The van der Waals surface area contributed by atoms with Crippen molar-refractivity contribution in [2.75, 3.05) is 19.1 Å². The van der Waals surface area contributed by atoms with E-state index in [0.717, 1.165) is 24.2 Å². The van der Waals surface area contributed by atoms with Gasteiger partial charge in [0.1, 0.15) is 0 Å². The van der Waals surface area contributed by atoms with Crippen LogP contribution >= 0.6 is 11.8 Å². The summed E-state index contributed by atoms with van der Waals surface area (Å²) in [7, 11) is 2.12. The van der Waals surface area contributed by atoms with Crippen molar-refractivity contribution in [3.63, 3.8) is 0 Å². The summed E-state index contributed by atoms with van der Waals surface area (Å²) >= 11 is 1.98. The van der Waals surface area contributed by atoms with Crippen LogP contribution in [-0.4, -0.2) is 48.1 Å². The number of hydrogen-bond acceptors (Lipinski definition) is 3. The molecule has 16 heavy (non-hydrogen) atoms.